The first-order valence-electron chi connectivity index (χ1n) is 11.7. The van der Waals surface area contributed by atoms with E-state index in [1.54, 1.807) is 42.5 Å². The van der Waals surface area contributed by atoms with Crippen molar-refractivity contribution in [1.29, 1.82) is 0 Å². The van der Waals surface area contributed by atoms with Crippen LogP contribution < -0.4 is 25.3 Å². The Labute approximate surface area is 220 Å². The van der Waals surface area contributed by atoms with Crippen LogP contribution in [0.3, 0.4) is 0 Å². The van der Waals surface area contributed by atoms with Crippen LogP contribution in [0, 0.1) is 0 Å². The highest BCUT2D eigenvalue weighted by atomic mass is 32.2. The van der Waals surface area contributed by atoms with Crippen molar-refractivity contribution in [3.05, 3.63) is 65.7 Å². The van der Waals surface area contributed by atoms with Gasteiger partial charge in [0.25, 0.3) is 5.84 Å². The van der Waals surface area contributed by atoms with E-state index in [4.69, 9.17) is 20.6 Å². The van der Waals surface area contributed by atoms with E-state index in [0.29, 0.717) is 34.6 Å². The van der Waals surface area contributed by atoms with Gasteiger partial charge < -0.3 is 19.1 Å². The number of nitrogens with zero attached hydrogens (tertiary/aromatic N) is 1. The Bertz CT molecular complexity index is 1510. The Morgan fingerprint density at radius 3 is 2.58 bits per heavy atom. The van der Waals surface area contributed by atoms with Gasteiger partial charge in [-0.25, -0.2) is 13.2 Å². The molecular weight excluding hydrogens is 512 g/mol. The molecular formula is C26H29N4O7S+. The second-order valence-electron chi connectivity index (χ2n) is 8.74. The highest BCUT2D eigenvalue weighted by Crippen LogP contribution is 2.27. The SMILES string of the molecule is COC(=O)COc1ccc(C(N)=[NH2+])cc1CN1CCC(NS(=O)(=O)c2ccc3ccc(OC)cc3c2)C1=O. The van der Waals surface area contributed by atoms with Crippen molar-refractivity contribution in [2.45, 2.75) is 23.9 Å². The van der Waals surface area contributed by atoms with Gasteiger partial charge in [-0.15, -0.1) is 0 Å². The molecule has 0 bridgehead atoms. The first-order chi connectivity index (χ1) is 18.1. The normalized spacial score (nSPS) is 15.5. The first kappa shape index (κ1) is 26.9. The van der Waals surface area contributed by atoms with Crippen molar-refractivity contribution < 1.29 is 37.6 Å². The van der Waals surface area contributed by atoms with Gasteiger partial charge in [0.05, 0.1) is 24.7 Å². The van der Waals surface area contributed by atoms with Crippen LogP contribution >= 0.6 is 0 Å². The third-order valence-electron chi connectivity index (χ3n) is 6.25. The summed E-state index contributed by atoms with van der Waals surface area (Å²) in [7, 11) is -1.20. The van der Waals surface area contributed by atoms with Gasteiger partial charge in [0.15, 0.2) is 6.61 Å². The fraction of sp³-hybridized carbons (Fsp3) is 0.269. The number of benzene rings is 3. The number of fused-ring (bicyclic) bond motifs is 1. The predicted octanol–water partition coefficient (Wildman–Crippen LogP) is -0.0560. The highest BCUT2D eigenvalue weighted by Gasteiger charge is 2.35. The van der Waals surface area contributed by atoms with Crippen molar-refractivity contribution >= 4 is 38.5 Å². The molecule has 1 unspecified atom stereocenters. The smallest absolute Gasteiger partial charge is 0.343 e. The van der Waals surface area contributed by atoms with Crippen molar-refractivity contribution in [2.24, 2.45) is 5.73 Å². The van der Waals surface area contributed by atoms with Crippen LogP contribution in [0.5, 0.6) is 11.5 Å². The number of esters is 1. The zero-order valence-corrected chi connectivity index (χ0v) is 21.8. The van der Waals surface area contributed by atoms with Gasteiger partial charge in [0.1, 0.15) is 17.5 Å². The summed E-state index contributed by atoms with van der Waals surface area (Å²) in [4.78, 5) is 26.3. The zero-order chi connectivity index (χ0) is 27.4. The van der Waals surface area contributed by atoms with Gasteiger partial charge in [0.2, 0.25) is 15.9 Å². The molecule has 38 heavy (non-hydrogen) atoms. The van der Waals surface area contributed by atoms with E-state index >= 15 is 0 Å². The van der Waals surface area contributed by atoms with E-state index in [-0.39, 0.29) is 36.2 Å². The summed E-state index contributed by atoms with van der Waals surface area (Å²) in [6.45, 7) is 0.0898. The number of carbonyl (C=O) groups excluding carboxylic acids is 2. The minimum atomic E-state index is -3.98. The van der Waals surface area contributed by atoms with Crippen LogP contribution in [-0.2, 0) is 30.9 Å². The maximum atomic E-state index is 13.2. The molecule has 1 amide bonds. The summed E-state index contributed by atoms with van der Waals surface area (Å²) < 4.78 is 44.2. The molecule has 200 valence electrons. The Morgan fingerprint density at radius 1 is 1.11 bits per heavy atom. The molecule has 0 aromatic heterocycles. The van der Waals surface area contributed by atoms with Gasteiger partial charge >= 0.3 is 5.97 Å². The largest absolute Gasteiger partial charge is 0.497 e. The number of carbonyl (C=O) groups is 2. The first-order valence-corrected chi connectivity index (χ1v) is 13.2. The Balaban J connectivity index is 1.51. The van der Waals surface area contributed by atoms with Crippen molar-refractivity contribution in [3.8, 4) is 11.5 Å². The lowest BCUT2D eigenvalue weighted by Crippen LogP contribution is -2.46. The number of likely N-dealkylation sites (tertiary alicyclic amines) is 1. The summed E-state index contributed by atoms with van der Waals surface area (Å²) in [6.07, 6.45) is 0.280. The molecule has 1 aliphatic heterocycles. The molecule has 11 nitrogen and oxygen atoms in total. The second-order valence-corrected chi connectivity index (χ2v) is 10.5. The van der Waals surface area contributed by atoms with E-state index in [0.717, 1.165) is 5.39 Å². The number of hydrogen-bond donors (Lipinski definition) is 3. The minimum Gasteiger partial charge on any atom is -0.497 e. The molecule has 0 radical (unpaired) electrons. The number of ether oxygens (including phenoxy) is 3. The lowest BCUT2D eigenvalue weighted by molar-refractivity contribution is -0.143. The van der Waals surface area contributed by atoms with Gasteiger partial charge in [-0.1, -0.05) is 12.1 Å². The lowest BCUT2D eigenvalue weighted by Gasteiger charge is -2.20. The number of methoxy groups -OCH3 is 2. The van der Waals surface area contributed by atoms with E-state index in [1.807, 2.05) is 6.07 Å². The topological polar surface area (TPSA) is 163 Å². The maximum Gasteiger partial charge on any atom is 0.343 e. The third kappa shape index (κ3) is 5.87. The monoisotopic (exact) mass is 541 g/mol. The van der Waals surface area contributed by atoms with E-state index in [2.05, 4.69) is 9.46 Å². The second kappa shape index (κ2) is 11.1. The Hall–Kier alpha value is -4.16. The van der Waals surface area contributed by atoms with E-state index in [1.165, 1.54) is 25.2 Å². The third-order valence-corrected chi connectivity index (χ3v) is 7.72. The Kier molecular flexibility index (Phi) is 7.83. The molecule has 0 saturated carbocycles. The van der Waals surface area contributed by atoms with Gasteiger partial charge in [-0.3, -0.25) is 15.9 Å². The van der Waals surface area contributed by atoms with Crippen LogP contribution in [0.4, 0.5) is 0 Å². The fourth-order valence-corrected chi connectivity index (χ4v) is 5.44. The number of nitrogens with two attached hydrogens (primary N) is 2. The van der Waals surface area contributed by atoms with Crippen LogP contribution in [0.15, 0.2) is 59.5 Å². The lowest BCUT2D eigenvalue weighted by atomic mass is 10.1. The molecule has 1 saturated heterocycles. The summed E-state index contributed by atoms with van der Waals surface area (Å²) in [5.74, 6) is 0.0874. The summed E-state index contributed by atoms with van der Waals surface area (Å²) in [6, 6.07) is 14.1. The number of nitrogens with one attached hydrogen (secondary N) is 1. The average Bonchev–Trinajstić information content (AvgIpc) is 3.24. The number of rotatable bonds is 10. The quantitative estimate of drug-likeness (QED) is 0.183. The van der Waals surface area contributed by atoms with Gasteiger partial charge in [-0.05, 0) is 59.7 Å². The maximum absolute atomic E-state index is 13.2. The van der Waals surface area contributed by atoms with Gasteiger partial charge in [0, 0.05) is 18.7 Å². The van der Waals surface area contributed by atoms with E-state index in [9.17, 15) is 18.0 Å². The number of sulfonamides is 1. The molecule has 3 aromatic carbocycles. The summed E-state index contributed by atoms with van der Waals surface area (Å²) in [5.41, 5.74) is 6.81. The number of amides is 1. The van der Waals surface area contributed by atoms with Crippen LogP contribution in [0.25, 0.3) is 10.8 Å². The van der Waals surface area contributed by atoms with E-state index < -0.39 is 22.0 Å². The molecule has 0 spiro atoms. The molecule has 4 rings (SSSR count). The fourth-order valence-electron chi connectivity index (χ4n) is 4.18. The molecule has 5 N–H and O–H groups in total. The number of amidine groups is 1. The minimum absolute atomic E-state index is 0.0460. The molecule has 1 fully saturated rings. The van der Waals surface area contributed by atoms with Crippen molar-refractivity contribution in [1.82, 2.24) is 9.62 Å². The summed E-state index contributed by atoms with van der Waals surface area (Å²) in [5, 5.41) is 7.28. The zero-order valence-electron chi connectivity index (χ0n) is 21.0. The molecule has 1 atom stereocenters. The summed E-state index contributed by atoms with van der Waals surface area (Å²) >= 11 is 0. The van der Waals surface area contributed by atoms with Crippen LogP contribution in [0.1, 0.15) is 17.5 Å². The molecule has 0 aliphatic carbocycles. The number of hydrogen-bond acceptors (Lipinski definition) is 7. The Morgan fingerprint density at radius 2 is 1.87 bits per heavy atom. The molecule has 12 heteroatoms. The van der Waals surface area contributed by atoms with Crippen LogP contribution in [0.2, 0.25) is 0 Å². The standard InChI is InChI=1S/C26H28N4O7S/c1-35-20-6-3-16-4-7-21(13-18(16)12-20)38(33,34)29-22-9-10-30(26(22)32)14-19-11-17(25(27)28)5-8-23(19)37-15-24(31)36-2/h3-8,11-13,22,29H,9-10,14-15H2,1-2H3,(H3,27,28)/p+1. The van der Waals surface area contributed by atoms with Crippen molar-refractivity contribution in [2.75, 3.05) is 27.4 Å². The van der Waals surface area contributed by atoms with Crippen molar-refractivity contribution in [3.63, 3.8) is 0 Å². The predicted molar refractivity (Wildman–Crippen MR) is 139 cm³/mol. The molecule has 1 heterocycles. The highest BCUT2D eigenvalue weighted by molar-refractivity contribution is 7.89. The molecule has 3 aromatic rings. The van der Waals surface area contributed by atoms with Gasteiger partial charge in [-0.2, -0.15) is 4.72 Å². The van der Waals surface area contributed by atoms with Crippen LogP contribution in [-0.4, -0.2) is 64.4 Å². The average molecular weight is 542 g/mol. The molecule has 1 aliphatic rings.